The van der Waals surface area contributed by atoms with Gasteiger partial charge in [-0.2, -0.15) is 0 Å². The van der Waals surface area contributed by atoms with Crippen LogP contribution in [-0.2, 0) is 0 Å². The fourth-order valence-corrected chi connectivity index (χ4v) is 3.95. The predicted molar refractivity (Wildman–Crippen MR) is 124 cm³/mol. The Morgan fingerprint density at radius 3 is 1.52 bits per heavy atom. The summed E-state index contributed by atoms with van der Waals surface area (Å²) in [6.45, 7) is 0. The van der Waals surface area contributed by atoms with Crippen molar-refractivity contribution < 1.29 is 0 Å². The first-order valence-corrected chi connectivity index (χ1v) is 9.89. The van der Waals surface area contributed by atoms with Gasteiger partial charge in [-0.15, -0.1) is 0 Å². The molecule has 0 unspecified atom stereocenters. The van der Waals surface area contributed by atoms with Crippen molar-refractivity contribution in [2.75, 3.05) is 4.90 Å². The lowest BCUT2D eigenvalue weighted by molar-refractivity contribution is 1.30. The van der Waals surface area contributed by atoms with E-state index in [2.05, 4.69) is 132 Å². The van der Waals surface area contributed by atoms with Crippen molar-refractivity contribution in [1.29, 1.82) is 0 Å². The van der Waals surface area contributed by atoms with Crippen molar-refractivity contribution in [3.63, 3.8) is 0 Å². The van der Waals surface area contributed by atoms with Crippen LogP contribution in [0.25, 0.3) is 21.9 Å². The summed E-state index contributed by atoms with van der Waals surface area (Å²) in [6.07, 6.45) is 0. The lowest BCUT2D eigenvalue weighted by Gasteiger charge is -2.27. The quantitative estimate of drug-likeness (QED) is 0.309. The highest BCUT2D eigenvalue weighted by Gasteiger charge is 2.17. The second-order valence-corrected chi connectivity index (χ2v) is 7.05. The topological polar surface area (TPSA) is 3.24 Å². The highest BCUT2D eigenvalue weighted by Crippen LogP contribution is 2.42. The molecule has 0 N–H and O–H groups in total. The van der Waals surface area contributed by atoms with Crippen molar-refractivity contribution in [3.05, 3.63) is 127 Å². The second kappa shape index (κ2) is 7.65. The van der Waals surface area contributed by atoms with Crippen LogP contribution in [0.5, 0.6) is 0 Å². The minimum atomic E-state index is 1.15. The molecule has 0 aromatic heterocycles. The van der Waals surface area contributed by atoms with E-state index in [1.54, 1.807) is 0 Å². The molecule has 1 nitrogen and oxygen atoms in total. The Morgan fingerprint density at radius 2 is 0.931 bits per heavy atom. The Bertz CT molecular complexity index is 1180. The van der Waals surface area contributed by atoms with Gasteiger partial charge in [0.25, 0.3) is 0 Å². The van der Waals surface area contributed by atoms with Crippen molar-refractivity contribution in [1.82, 2.24) is 0 Å². The molecule has 1 heteroatoms. The van der Waals surface area contributed by atoms with Crippen LogP contribution < -0.4 is 4.90 Å². The maximum atomic E-state index is 2.34. The van der Waals surface area contributed by atoms with Crippen LogP contribution in [0.2, 0.25) is 0 Å². The molecule has 5 rings (SSSR count). The van der Waals surface area contributed by atoms with Gasteiger partial charge in [-0.05, 0) is 46.8 Å². The standard InChI is InChI=1S/C28H21N/c1-4-12-22(13-5-1)26-20-10-14-23-15-11-21-27(28(23)26)29(24-16-6-2-7-17-24)25-18-8-3-9-19-25/h1-21H. The number of anilines is 3. The molecule has 5 aromatic rings. The van der Waals surface area contributed by atoms with E-state index in [1.807, 2.05) is 0 Å². The average molecular weight is 371 g/mol. The molecule has 0 saturated heterocycles. The summed E-state index contributed by atoms with van der Waals surface area (Å²) in [5.74, 6) is 0. The fraction of sp³-hybridized carbons (Fsp3) is 0. The number of hydrogen-bond donors (Lipinski definition) is 0. The van der Waals surface area contributed by atoms with Gasteiger partial charge < -0.3 is 4.90 Å². The zero-order valence-electron chi connectivity index (χ0n) is 16.1. The van der Waals surface area contributed by atoms with E-state index in [4.69, 9.17) is 0 Å². The highest BCUT2D eigenvalue weighted by atomic mass is 15.1. The summed E-state index contributed by atoms with van der Waals surface area (Å²) >= 11 is 0. The minimum absolute atomic E-state index is 1.15. The molecule has 0 fully saturated rings. The van der Waals surface area contributed by atoms with E-state index in [0.717, 1.165) is 11.4 Å². The third kappa shape index (κ3) is 3.28. The van der Waals surface area contributed by atoms with Crippen molar-refractivity contribution in [2.24, 2.45) is 0 Å². The maximum absolute atomic E-state index is 2.34. The lowest BCUT2D eigenvalue weighted by atomic mass is 9.96. The van der Waals surface area contributed by atoms with Gasteiger partial charge in [-0.3, -0.25) is 0 Å². The number of hydrogen-bond acceptors (Lipinski definition) is 1. The van der Waals surface area contributed by atoms with E-state index < -0.39 is 0 Å². The third-order valence-corrected chi connectivity index (χ3v) is 5.24. The summed E-state index contributed by atoms with van der Waals surface area (Å²) in [5, 5.41) is 2.50. The summed E-state index contributed by atoms with van der Waals surface area (Å²) in [4.78, 5) is 2.34. The van der Waals surface area contributed by atoms with Crippen LogP contribution in [-0.4, -0.2) is 0 Å². The van der Waals surface area contributed by atoms with E-state index in [1.165, 1.54) is 27.6 Å². The number of fused-ring (bicyclic) bond motifs is 1. The number of para-hydroxylation sites is 2. The first kappa shape index (κ1) is 17.3. The Morgan fingerprint density at radius 1 is 0.414 bits per heavy atom. The molecule has 0 radical (unpaired) electrons. The Hall–Kier alpha value is -3.84. The average Bonchev–Trinajstić information content (AvgIpc) is 2.81. The smallest absolute Gasteiger partial charge is 0.0546 e. The van der Waals surface area contributed by atoms with Crippen molar-refractivity contribution >= 4 is 27.8 Å². The molecular formula is C28H21N. The van der Waals surface area contributed by atoms with Crippen molar-refractivity contribution in [2.45, 2.75) is 0 Å². The largest absolute Gasteiger partial charge is 0.310 e. The van der Waals surface area contributed by atoms with Gasteiger partial charge in [0.15, 0.2) is 0 Å². The van der Waals surface area contributed by atoms with Crippen LogP contribution in [0.15, 0.2) is 127 Å². The molecule has 0 bridgehead atoms. The SMILES string of the molecule is c1ccc(-c2cccc3cccc(N(c4ccccc4)c4ccccc4)c23)cc1. The summed E-state index contributed by atoms with van der Waals surface area (Å²) < 4.78 is 0. The lowest BCUT2D eigenvalue weighted by Crippen LogP contribution is -2.10. The molecule has 0 heterocycles. The van der Waals surface area contributed by atoms with Gasteiger partial charge >= 0.3 is 0 Å². The molecule has 0 amide bonds. The number of benzene rings is 5. The maximum Gasteiger partial charge on any atom is 0.0546 e. The molecule has 0 aliphatic heterocycles. The van der Waals surface area contributed by atoms with Gasteiger partial charge in [0.05, 0.1) is 5.69 Å². The zero-order chi connectivity index (χ0) is 19.5. The van der Waals surface area contributed by atoms with Gasteiger partial charge in [-0.25, -0.2) is 0 Å². The molecule has 0 spiro atoms. The first-order chi connectivity index (χ1) is 14.4. The van der Waals surface area contributed by atoms with Crippen LogP contribution in [0, 0.1) is 0 Å². The third-order valence-electron chi connectivity index (χ3n) is 5.24. The van der Waals surface area contributed by atoms with Crippen molar-refractivity contribution in [3.8, 4) is 11.1 Å². The molecule has 0 aliphatic rings. The van der Waals surface area contributed by atoms with E-state index in [9.17, 15) is 0 Å². The minimum Gasteiger partial charge on any atom is -0.310 e. The molecular weight excluding hydrogens is 350 g/mol. The molecule has 0 saturated carbocycles. The molecule has 5 aromatic carbocycles. The Labute approximate surface area is 171 Å². The van der Waals surface area contributed by atoms with Gasteiger partial charge in [0.1, 0.15) is 0 Å². The van der Waals surface area contributed by atoms with Gasteiger partial charge in [-0.1, -0.05) is 97.1 Å². The molecule has 0 atom stereocenters. The molecule has 138 valence electrons. The van der Waals surface area contributed by atoms with Gasteiger partial charge in [0, 0.05) is 16.8 Å². The van der Waals surface area contributed by atoms with Crippen LogP contribution >= 0.6 is 0 Å². The van der Waals surface area contributed by atoms with Gasteiger partial charge in [0.2, 0.25) is 0 Å². The number of rotatable bonds is 4. The first-order valence-electron chi connectivity index (χ1n) is 9.89. The number of nitrogens with zero attached hydrogens (tertiary/aromatic N) is 1. The van der Waals surface area contributed by atoms with E-state index >= 15 is 0 Å². The molecule has 0 aliphatic carbocycles. The zero-order valence-corrected chi connectivity index (χ0v) is 16.1. The highest BCUT2D eigenvalue weighted by molar-refractivity contribution is 6.07. The van der Waals surface area contributed by atoms with Crippen LogP contribution in [0.1, 0.15) is 0 Å². The van der Waals surface area contributed by atoms with E-state index in [0.29, 0.717) is 0 Å². The summed E-state index contributed by atoms with van der Waals surface area (Å²) in [6, 6.07) is 44.9. The Balaban J connectivity index is 1.83. The molecule has 29 heavy (non-hydrogen) atoms. The van der Waals surface area contributed by atoms with E-state index in [-0.39, 0.29) is 0 Å². The second-order valence-electron chi connectivity index (χ2n) is 7.05. The Kier molecular flexibility index (Phi) is 4.56. The fourth-order valence-electron chi connectivity index (χ4n) is 3.95. The van der Waals surface area contributed by atoms with Crippen LogP contribution in [0.3, 0.4) is 0 Å². The summed E-state index contributed by atoms with van der Waals surface area (Å²) in [5.41, 5.74) is 5.95. The normalized spacial score (nSPS) is 10.8. The predicted octanol–water partition coefficient (Wildman–Crippen LogP) is 7.98. The van der Waals surface area contributed by atoms with Crippen LogP contribution in [0.4, 0.5) is 17.1 Å². The monoisotopic (exact) mass is 371 g/mol. The summed E-state index contributed by atoms with van der Waals surface area (Å²) in [7, 11) is 0.